The highest BCUT2D eigenvalue weighted by molar-refractivity contribution is 5.13. The van der Waals surface area contributed by atoms with Gasteiger partial charge < -0.3 is 19.4 Å². The third-order valence-electron chi connectivity index (χ3n) is 12.8. The Morgan fingerprint density at radius 1 is 1.00 bits per heavy atom. The predicted octanol–water partition coefficient (Wildman–Crippen LogP) is 3.84. The van der Waals surface area contributed by atoms with E-state index in [4.69, 9.17) is 4.74 Å². The van der Waals surface area contributed by atoms with Crippen molar-refractivity contribution in [2.75, 3.05) is 45.9 Å². The summed E-state index contributed by atoms with van der Waals surface area (Å²) in [6.45, 7) is 16.2. The summed E-state index contributed by atoms with van der Waals surface area (Å²) in [5.41, 5.74) is 0.387. The highest BCUT2D eigenvalue weighted by Crippen LogP contribution is 2.67. The number of aliphatic hydroxyl groups excluding tert-OH is 2. The molecular weight excluding hydrogens is 436 g/mol. The molecule has 1 unspecified atom stereocenters. The molecule has 5 nitrogen and oxygen atoms in total. The minimum atomic E-state index is -0.187. The molecule has 0 spiro atoms. The Morgan fingerprint density at radius 2 is 1.74 bits per heavy atom. The number of ether oxygens (including phenoxy) is 1. The second-order valence-corrected chi connectivity index (χ2v) is 14.0. The van der Waals surface area contributed by atoms with Crippen LogP contribution >= 0.6 is 0 Å². The normalized spacial score (nSPS) is 51.9. The average molecular weight is 488 g/mol. The topological polar surface area (TPSA) is 52.9 Å². The van der Waals surface area contributed by atoms with Crippen molar-refractivity contribution in [1.29, 1.82) is 0 Å². The Bertz CT molecular complexity index is 792. The number of hydrogen-bond acceptors (Lipinski definition) is 4. The van der Waals surface area contributed by atoms with Crippen LogP contribution in [0, 0.1) is 34.5 Å². The highest BCUT2D eigenvalue weighted by atomic mass is 16.5. The number of fused-ring (bicyclic) bond motifs is 5. The van der Waals surface area contributed by atoms with E-state index in [1.165, 1.54) is 58.0 Å². The first-order valence-electron chi connectivity index (χ1n) is 15.0. The molecule has 5 heteroatoms. The maximum Gasteiger partial charge on any atom is 0.116 e. The number of nitrogens with zero attached hydrogens (tertiary/aromatic N) is 2. The van der Waals surface area contributed by atoms with Crippen LogP contribution in [0.15, 0.2) is 12.7 Å². The molecule has 4 aliphatic carbocycles. The first-order chi connectivity index (χ1) is 16.8. The maximum absolute atomic E-state index is 11.9. The number of hydrogen-bond donors (Lipinski definition) is 2. The third-order valence-corrected chi connectivity index (χ3v) is 12.8. The van der Waals surface area contributed by atoms with E-state index in [1.54, 1.807) is 0 Å². The van der Waals surface area contributed by atoms with Crippen molar-refractivity contribution in [3.05, 3.63) is 12.7 Å². The van der Waals surface area contributed by atoms with Crippen molar-refractivity contribution in [3.8, 4) is 0 Å². The fourth-order valence-electron chi connectivity index (χ4n) is 10.9. The van der Waals surface area contributed by atoms with Gasteiger partial charge in [0.05, 0.1) is 39.0 Å². The van der Waals surface area contributed by atoms with Gasteiger partial charge in [-0.3, -0.25) is 4.90 Å². The first kappa shape index (κ1) is 24.9. The van der Waals surface area contributed by atoms with E-state index in [0.717, 1.165) is 62.0 Å². The summed E-state index contributed by atoms with van der Waals surface area (Å²) in [6, 6.07) is 0.684. The summed E-state index contributed by atoms with van der Waals surface area (Å²) in [4.78, 5) is 2.54. The Morgan fingerprint density at radius 3 is 2.46 bits per heavy atom. The highest BCUT2D eigenvalue weighted by Gasteiger charge is 2.66. The van der Waals surface area contributed by atoms with Gasteiger partial charge in [-0.25, -0.2) is 0 Å². The van der Waals surface area contributed by atoms with Crippen LogP contribution in [-0.4, -0.2) is 89.8 Å². The fraction of sp³-hybridized carbons (Fsp3) is 0.933. The lowest BCUT2D eigenvalue weighted by Crippen LogP contribution is -2.61. The fourth-order valence-corrected chi connectivity index (χ4v) is 10.9. The van der Waals surface area contributed by atoms with Crippen molar-refractivity contribution in [2.24, 2.45) is 34.5 Å². The molecule has 0 aromatic carbocycles. The molecule has 2 saturated heterocycles. The van der Waals surface area contributed by atoms with Crippen LogP contribution in [0.2, 0.25) is 0 Å². The molecule has 35 heavy (non-hydrogen) atoms. The summed E-state index contributed by atoms with van der Waals surface area (Å²) in [5, 5.41) is 23.1. The zero-order valence-corrected chi connectivity index (χ0v) is 22.4. The van der Waals surface area contributed by atoms with Crippen molar-refractivity contribution in [3.63, 3.8) is 0 Å². The molecule has 6 aliphatic rings. The van der Waals surface area contributed by atoms with Crippen LogP contribution in [0.1, 0.15) is 71.6 Å². The number of aliphatic hydroxyl groups is 2. The van der Waals surface area contributed by atoms with Crippen LogP contribution in [0.4, 0.5) is 0 Å². The van der Waals surface area contributed by atoms with Gasteiger partial charge in [-0.1, -0.05) is 20.4 Å². The molecule has 6 rings (SSSR count). The van der Waals surface area contributed by atoms with Gasteiger partial charge in [0, 0.05) is 43.8 Å². The van der Waals surface area contributed by atoms with Crippen molar-refractivity contribution in [1.82, 2.24) is 4.90 Å². The SMILES string of the molecule is C=CC[N+]1([C@H]2C[C@H]3[C@@H]4CCC5C[C@H](O)[C@@H](N6CCOCC6)C[C@]5(C)[C@H]4CC[C@]3(C)[C@H]2O)CCCC1. The van der Waals surface area contributed by atoms with Gasteiger partial charge in [-0.05, 0) is 73.7 Å². The Kier molecular flexibility index (Phi) is 6.45. The van der Waals surface area contributed by atoms with Crippen LogP contribution in [0.5, 0.6) is 0 Å². The van der Waals surface area contributed by atoms with Gasteiger partial charge in [0.25, 0.3) is 0 Å². The van der Waals surface area contributed by atoms with Crippen molar-refractivity contribution in [2.45, 2.75) is 95.9 Å². The van der Waals surface area contributed by atoms with Crippen LogP contribution in [-0.2, 0) is 4.74 Å². The van der Waals surface area contributed by atoms with E-state index < -0.39 is 0 Å². The molecule has 4 saturated carbocycles. The van der Waals surface area contributed by atoms with E-state index in [9.17, 15) is 10.2 Å². The minimum absolute atomic E-state index is 0.0713. The summed E-state index contributed by atoms with van der Waals surface area (Å²) < 4.78 is 6.73. The largest absolute Gasteiger partial charge is 0.391 e. The molecule has 198 valence electrons. The Labute approximate surface area is 213 Å². The lowest BCUT2D eigenvalue weighted by atomic mass is 9.44. The standard InChI is InChI=1S/C30H51N2O3/c1-4-13-32(14-5-6-15-32)26-19-24-22-8-7-21-18-27(33)25(31-11-16-35-17-12-31)20-30(21,3)23(22)9-10-29(24,2)28(26)34/h4,21-28,33-34H,1,5-20H2,2-3H3/q+1/t21?,22-,23+,24+,25+,26+,27+,28+,29+,30+/m1/s1. The van der Waals surface area contributed by atoms with Crippen LogP contribution < -0.4 is 0 Å². The molecule has 0 radical (unpaired) electrons. The van der Waals surface area contributed by atoms with Gasteiger partial charge in [-0.2, -0.15) is 0 Å². The number of morpholine rings is 1. The second-order valence-electron chi connectivity index (χ2n) is 14.0. The smallest absolute Gasteiger partial charge is 0.116 e. The predicted molar refractivity (Wildman–Crippen MR) is 139 cm³/mol. The quantitative estimate of drug-likeness (QED) is 0.467. The summed E-state index contributed by atoms with van der Waals surface area (Å²) >= 11 is 0. The lowest BCUT2D eigenvalue weighted by Gasteiger charge is -2.62. The van der Waals surface area contributed by atoms with E-state index in [1.807, 2.05) is 0 Å². The molecule has 2 N–H and O–H groups in total. The molecule has 0 bridgehead atoms. The van der Waals surface area contributed by atoms with Crippen molar-refractivity contribution < 1.29 is 19.4 Å². The summed E-state index contributed by atoms with van der Waals surface area (Å²) in [5.74, 6) is 2.78. The summed E-state index contributed by atoms with van der Waals surface area (Å²) in [7, 11) is 0. The van der Waals surface area contributed by atoms with Gasteiger partial charge >= 0.3 is 0 Å². The lowest BCUT2D eigenvalue weighted by molar-refractivity contribution is -0.938. The zero-order valence-electron chi connectivity index (χ0n) is 22.4. The average Bonchev–Trinajstić information content (AvgIpc) is 3.43. The Hall–Kier alpha value is -0.460. The molecular formula is C30H51N2O3+. The van der Waals surface area contributed by atoms with Crippen LogP contribution in [0.3, 0.4) is 0 Å². The van der Waals surface area contributed by atoms with Crippen LogP contribution in [0.25, 0.3) is 0 Å². The van der Waals surface area contributed by atoms with Crippen molar-refractivity contribution >= 4 is 0 Å². The third kappa shape index (κ3) is 3.73. The van der Waals surface area contributed by atoms with Gasteiger partial charge in [-0.15, -0.1) is 0 Å². The second kappa shape index (κ2) is 9.08. The van der Waals surface area contributed by atoms with Gasteiger partial charge in [0.15, 0.2) is 0 Å². The zero-order chi connectivity index (χ0) is 24.4. The molecule has 2 aliphatic heterocycles. The minimum Gasteiger partial charge on any atom is -0.391 e. The molecule has 2 heterocycles. The Balaban J connectivity index is 1.26. The molecule has 0 aromatic heterocycles. The maximum atomic E-state index is 11.9. The van der Waals surface area contributed by atoms with E-state index in [2.05, 4.69) is 31.4 Å². The van der Waals surface area contributed by atoms with Gasteiger partial charge in [0.1, 0.15) is 12.1 Å². The molecule has 0 aromatic rings. The number of quaternary nitrogens is 1. The molecule has 6 fully saturated rings. The molecule has 10 atom stereocenters. The number of likely N-dealkylation sites (tertiary alicyclic amines) is 1. The van der Waals surface area contributed by atoms with Gasteiger partial charge in [0.2, 0.25) is 0 Å². The van der Waals surface area contributed by atoms with E-state index >= 15 is 0 Å². The molecule has 0 amide bonds. The number of rotatable bonds is 4. The summed E-state index contributed by atoms with van der Waals surface area (Å²) in [6.07, 6.45) is 12.7. The monoisotopic (exact) mass is 487 g/mol. The first-order valence-corrected chi connectivity index (χ1v) is 15.0. The van der Waals surface area contributed by atoms with E-state index in [-0.39, 0.29) is 17.6 Å². The van der Waals surface area contributed by atoms with E-state index in [0.29, 0.717) is 29.3 Å².